The number of piperidine rings is 1. The Morgan fingerprint density at radius 3 is 2.34 bits per heavy atom. The number of nitrogens with two attached hydrogens (primary N) is 2. The van der Waals surface area contributed by atoms with Gasteiger partial charge in [-0.3, -0.25) is 19.2 Å². The topological polar surface area (TPSA) is 306 Å². The third kappa shape index (κ3) is 16.6. The molecule has 1 aromatic carbocycles. The number of anilines is 2. The molecule has 15 atom stereocenters. The number of cyclic esters (lactones) is 1. The number of nitrogens with zero attached hydrogens (tertiary/aromatic N) is 6. The number of carbonyl (C=O) groups excluding carboxylic acids is 5. The van der Waals surface area contributed by atoms with Crippen LogP contribution in [0.15, 0.2) is 76.5 Å². The summed E-state index contributed by atoms with van der Waals surface area (Å²) < 4.78 is 42.4. The second-order valence-corrected chi connectivity index (χ2v) is 24.8. The van der Waals surface area contributed by atoms with E-state index in [2.05, 4.69) is 21.9 Å². The van der Waals surface area contributed by atoms with E-state index < -0.39 is 77.8 Å². The lowest BCUT2D eigenvalue weighted by Crippen LogP contribution is -2.61. The van der Waals surface area contributed by atoms with Crippen LogP contribution in [0.2, 0.25) is 0 Å². The predicted molar refractivity (Wildman–Crippen MR) is 333 cm³/mol. The maximum absolute atomic E-state index is 14.0. The number of benzene rings is 1. The molecule has 482 valence electrons. The Balaban J connectivity index is 0.000000296. The predicted octanol–water partition coefficient (Wildman–Crippen LogP) is 9.00. The summed E-state index contributed by atoms with van der Waals surface area (Å²) in [5.74, 6) is -6.67. The maximum atomic E-state index is 14.0. The fourth-order valence-corrected chi connectivity index (χ4v) is 12.4. The number of hydrogen-bond acceptors (Lipinski definition) is 20. The molecule has 3 aromatic heterocycles. The summed E-state index contributed by atoms with van der Waals surface area (Å²) in [6, 6.07) is 4.59. The quantitative estimate of drug-likeness (QED) is 0.0690. The summed E-state index contributed by atoms with van der Waals surface area (Å²) in [4.78, 5) is 83.0. The van der Waals surface area contributed by atoms with Crippen LogP contribution in [0.5, 0.6) is 0 Å². The lowest BCUT2D eigenvalue weighted by atomic mass is 9.85. The SMILES string of the molecule is CC[C@@H](C)[C@@H]1CC(=O)[C@H](C)/C=C(\C)[C@@H](O)[C@@H](OC)C(=O)[C@H](C)C[C@H](C)/C=C/C=C/C=C(\C)[C@@H](OC)C[C@@H]2CC[C@@H](C)[C@@](O)(O2)C(=O)C(=O)N2CCCC[C@H]2C(=O)O1.CO[C@@H]1C[C@H](C)CC[C@H]1OCn1nc(-c2ccc3oc(N)nc3c2)c2c(N)ncnc21. The van der Waals surface area contributed by atoms with Crippen LogP contribution >= 0.6 is 0 Å². The highest BCUT2D eigenvalue weighted by Crippen LogP contribution is 2.38. The smallest absolute Gasteiger partial charge is 0.329 e. The Bertz CT molecular complexity index is 3190. The number of oxazole rings is 1. The minimum absolute atomic E-state index is 0.0116. The van der Waals surface area contributed by atoms with Crippen LogP contribution in [-0.4, -0.2) is 152 Å². The van der Waals surface area contributed by atoms with Crippen molar-refractivity contribution in [3.8, 4) is 11.3 Å². The zero-order valence-corrected chi connectivity index (χ0v) is 53.4. The van der Waals surface area contributed by atoms with E-state index in [1.165, 1.54) is 18.3 Å². The van der Waals surface area contributed by atoms with Gasteiger partial charge < -0.3 is 59.4 Å². The van der Waals surface area contributed by atoms with Gasteiger partial charge >= 0.3 is 5.97 Å². The Kier molecular flexibility index (Phi) is 24.5. The number of allylic oxidation sites excluding steroid dienone is 6. The number of rotatable bonds is 9. The molecule has 6 heterocycles. The summed E-state index contributed by atoms with van der Waals surface area (Å²) in [7, 11) is 4.70. The van der Waals surface area contributed by atoms with E-state index in [1.54, 1.807) is 45.7 Å². The van der Waals surface area contributed by atoms with Crippen molar-refractivity contribution >= 4 is 63.2 Å². The zero-order valence-electron chi connectivity index (χ0n) is 53.4. The van der Waals surface area contributed by atoms with Crippen LogP contribution < -0.4 is 11.5 Å². The first-order chi connectivity index (χ1) is 41.9. The normalized spacial score (nSPS) is 32.9. The molecule has 22 nitrogen and oxygen atoms in total. The van der Waals surface area contributed by atoms with Gasteiger partial charge in [0.05, 0.1) is 29.8 Å². The fraction of sp³-hybridized carbons (Fsp3) is 0.621. The number of esters is 1. The van der Waals surface area contributed by atoms with Crippen LogP contribution in [0.3, 0.4) is 0 Å². The average molecular weight is 1220 g/mol. The molecule has 8 rings (SSSR count). The lowest BCUT2D eigenvalue weighted by Gasteiger charge is -2.42. The number of Topliss-reactive ketones (excluding diaryl/α,β-unsaturated/α-hetero) is 3. The second kappa shape index (κ2) is 31.3. The van der Waals surface area contributed by atoms with Crippen molar-refractivity contribution in [1.82, 2.24) is 29.6 Å². The molecule has 1 amide bonds. The highest BCUT2D eigenvalue weighted by molar-refractivity contribution is 6.39. The molecule has 3 aliphatic heterocycles. The molecular weight excluding hydrogens is 1130 g/mol. The van der Waals surface area contributed by atoms with Crippen molar-refractivity contribution in [3.63, 3.8) is 0 Å². The molecule has 2 bridgehead atoms. The molecule has 0 radical (unpaired) electrons. The van der Waals surface area contributed by atoms with Gasteiger partial charge in [0.2, 0.25) is 5.79 Å². The minimum atomic E-state index is -2.39. The average Bonchev–Trinajstić information content (AvgIpc) is 1.76. The molecule has 4 aliphatic rings. The number of carbonyl (C=O) groups is 5. The van der Waals surface area contributed by atoms with Crippen LogP contribution in [-0.2, 0) is 59.1 Å². The summed E-state index contributed by atoms with van der Waals surface area (Å²) in [5, 5.41) is 28.5. The van der Waals surface area contributed by atoms with E-state index in [0.29, 0.717) is 90.1 Å². The van der Waals surface area contributed by atoms with Gasteiger partial charge in [-0.05, 0) is 119 Å². The summed E-state index contributed by atoms with van der Waals surface area (Å²) >= 11 is 0. The van der Waals surface area contributed by atoms with Crippen LogP contribution in [0.25, 0.3) is 33.4 Å². The van der Waals surface area contributed by atoms with Crippen molar-refractivity contribution in [2.24, 2.45) is 35.5 Å². The van der Waals surface area contributed by atoms with E-state index >= 15 is 0 Å². The van der Waals surface area contributed by atoms with Crippen LogP contribution in [0.1, 0.15) is 139 Å². The van der Waals surface area contributed by atoms with Gasteiger partial charge in [-0.15, -0.1) is 0 Å². The van der Waals surface area contributed by atoms with Gasteiger partial charge in [-0.25, -0.2) is 19.4 Å². The van der Waals surface area contributed by atoms with E-state index in [4.69, 9.17) is 49.4 Å². The largest absolute Gasteiger partial charge is 0.460 e. The standard InChI is InChI=1S/C45H69NO11.C21H25N7O3/c1-11-28(3)38-26-36(47)30(5)24-32(7)40(49)41(55-10)39(48)31(6)23-27(2)17-13-12-14-18-29(4)37(54-9)25-34-21-20-33(8)45(53,57-34)42(50)43(51)46-22-16-15-19-35(46)44(52)56-38;1-11-3-5-15(16(7-11)29-2)30-10-28-20-17(19(22)24-9-25-20)18(27-28)12-4-6-14-13(8-12)26-21(23)31-14/h12-14,17-18,24,27-28,30-31,33-35,37-38,40-41,49,53H,11,15-16,19-23,25-26H2,1-10H3;4,6,8-9,11,15-16H,3,5,7,10H2,1-2H3,(H2,23,26)(H2,22,24,25)/b14-12+,17-13+,29-18+,32-24+;/t27-,28-,30-,31-,33-,34+,35+,37+,38+,40-,41+,45-;11-,15-,16-/m11/s1. The fourth-order valence-electron chi connectivity index (χ4n) is 12.4. The van der Waals surface area contributed by atoms with Gasteiger partial charge in [-0.1, -0.05) is 91.3 Å². The summed E-state index contributed by atoms with van der Waals surface area (Å²) in [6.07, 6.45) is 15.3. The van der Waals surface area contributed by atoms with Crippen molar-refractivity contribution < 1.29 is 67.0 Å². The van der Waals surface area contributed by atoms with E-state index in [9.17, 15) is 34.2 Å². The second-order valence-electron chi connectivity index (χ2n) is 24.8. The molecule has 0 spiro atoms. The number of ether oxygens (including phenoxy) is 6. The molecule has 4 aromatic rings. The first-order valence-electron chi connectivity index (χ1n) is 31.2. The van der Waals surface area contributed by atoms with Gasteiger partial charge in [0.15, 0.2) is 17.0 Å². The zero-order chi connectivity index (χ0) is 64.1. The highest BCUT2D eigenvalue weighted by Gasteiger charge is 2.53. The molecule has 6 N–H and O–H groups in total. The first-order valence-corrected chi connectivity index (χ1v) is 31.2. The Hall–Kier alpha value is -6.53. The molecule has 3 fully saturated rings. The third-order valence-electron chi connectivity index (χ3n) is 18.2. The molecule has 0 unspecified atom stereocenters. The van der Waals surface area contributed by atoms with Crippen LogP contribution in [0, 0.1) is 35.5 Å². The highest BCUT2D eigenvalue weighted by atomic mass is 16.6. The van der Waals surface area contributed by atoms with Crippen molar-refractivity contribution in [3.05, 3.63) is 72.1 Å². The molecule has 2 saturated heterocycles. The number of methoxy groups -OCH3 is 3. The van der Waals surface area contributed by atoms with E-state index in [1.807, 2.05) is 83.2 Å². The van der Waals surface area contributed by atoms with E-state index in [0.717, 1.165) is 30.4 Å². The number of nitrogen functional groups attached to an aromatic ring is 2. The number of aromatic nitrogens is 5. The number of aliphatic hydroxyl groups is 2. The number of ketones is 3. The molecule has 22 heteroatoms. The molecule has 88 heavy (non-hydrogen) atoms. The van der Waals surface area contributed by atoms with Gasteiger partial charge in [0, 0.05) is 64.0 Å². The first kappa shape index (κ1) is 69.0. The Morgan fingerprint density at radius 1 is 0.864 bits per heavy atom. The van der Waals surface area contributed by atoms with Gasteiger partial charge in [-0.2, -0.15) is 10.1 Å². The van der Waals surface area contributed by atoms with Gasteiger partial charge in [0.25, 0.3) is 17.7 Å². The third-order valence-corrected chi connectivity index (χ3v) is 18.2. The van der Waals surface area contributed by atoms with Crippen molar-refractivity contribution in [1.29, 1.82) is 0 Å². The lowest BCUT2D eigenvalue weighted by molar-refractivity contribution is -0.265. The maximum Gasteiger partial charge on any atom is 0.329 e. The van der Waals surface area contributed by atoms with Crippen LogP contribution in [0.4, 0.5) is 11.8 Å². The molecule has 1 saturated carbocycles. The molecular formula is C66H94N8O14. The van der Waals surface area contributed by atoms with E-state index in [-0.39, 0.29) is 67.7 Å². The summed E-state index contributed by atoms with van der Waals surface area (Å²) in [5.41, 5.74) is 16.5. The van der Waals surface area contributed by atoms with Gasteiger partial charge in [0.1, 0.15) is 60.2 Å². The monoisotopic (exact) mass is 1220 g/mol. The van der Waals surface area contributed by atoms with Crippen molar-refractivity contribution in [2.45, 2.75) is 201 Å². The number of amides is 1. The Labute approximate surface area is 516 Å². The van der Waals surface area contributed by atoms with Crippen molar-refractivity contribution in [2.75, 3.05) is 39.3 Å². The number of aliphatic hydroxyl groups excluding tert-OH is 1. The molecule has 1 aliphatic carbocycles. The number of hydrogen-bond donors (Lipinski definition) is 4. The Morgan fingerprint density at radius 2 is 1.62 bits per heavy atom. The number of fused-ring (bicyclic) bond motifs is 5. The summed E-state index contributed by atoms with van der Waals surface area (Å²) in [6.45, 7) is 17.2. The minimum Gasteiger partial charge on any atom is -0.460 e.